The molecule has 1 heterocycles. The van der Waals surface area contributed by atoms with Crippen molar-refractivity contribution in [2.75, 3.05) is 0 Å². The fraction of sp³-hybridized carbons (Fsp3) is 0.727. The summed E-state index contributed by atoms with van der Waals surface area (Å²) >= 11 is 0. The van der Waals surface area contributed by atoms with E-state index < -0.39 is 18.0 Å². The number of hydrogen-bond acceptors (Lipinski definition) is 4. The molecule has 1 saturated carbocycles. The van der Waals surface area contributed by atoms with Crippen LogP contribution >= 0.6 is 0 Å². The van der Waals surface area contributed by atoms with Crippen LogP contribution in [0.5, 0.6) is 0 Å². The minimum Gasteiger partial charge on any atom is -0.479 e. The second-order valence-corrected chi connectivity index (χ2v) is 4.86. The first-order valence-corrected chi connectivity index (χ1v) is 5.98. The van der Waals surface area contributed by atoms with Gasteiger partial charge in [-0.1, -0.05) is 0 Å². The van der Waals surface area contributed by atoms with Gasteiger partial charge >= 0.3 is 5.97 Å². The first-order valence-electron chi connectivity index (χ1n) is 5.98. The Balaban J connectivity index is 2.04. The molecule has 0 amide bonds. The van der Waals surface area contributed by atoms with Crippen molar-refractivity contribution in [1.82, 2.24) is 14.8 Å². The molecule has 1 aliphatic carbocycles. The highest BCUT2D eigenvalue weighted by Crippen LogP contribution is 2.47. The van der Waals surface area contributed by atoms with Gasteiger partial charge in [0.15, 0.2) is 6.10 Å². The van der Waals surface area contributed by atoms with E-state index in [2.05, 4.69) is 10.2 Å². The van der Waals surface area contributed by atoms with Crippen LogP contribution in [-0.2, 0) is 11.3 Å². The lowest BCUT2D eigenvalue weighted by Gasteiger charge is -2.34. The molecule has 1 aromatic heterocycles. The molecule has 8 heteroatoms. The number of aliphatic hydroxyl groups excluding tert-OH is 1. The summed E-state index contributed by atoms with van der Waals surface area (Å²) in [4.78, 5) is 10.5. The van der Waals surface area contributed by atoms with Crippen molar-refractivity contribution in [1.29, 1.82) is 0 Å². The van der Waals surface area contributed by atoms with E-state index in [1.807, 2.05) is 0 Å². The number of carbonyl (C=O) groups is 1. The van der Waals surface area contributed by atoms with E-state index in [4.69, 9.17) is 5.11 Å². The highest BCUT2D eigenvalue weighted by atomic mass is 19.3. The van der Waals surface area contributed by atoms with E-state index in [0.29, 0.717) is 11.6 Å². The van der Waals surface area contributed by atoms with Crippen molar-refractivity contribution in [3.63, 3.8) is 0 Å². The van der Waals surface area contributed by atoms with Crippen LogP contribution in [0.4, 0.5) is 8.78 Å². The number of rotatable bonds is 5. The van der Waals surface area contributed by atoms with Gasteiger partial charge in [-0.05, 0) is 6.92 Å². The van der Waals surface area contributed by atoms with Crippen LogP contribution in [0.25, 0.3) is 0 Å². The maximum Gasteiger partial charge on any atom is 0.332 e. The molecule has 1 aliphatic rings. The van der Waals surface area contributed by atoms with Gasteiger partial charge in [0, 0.05) is 31.7 Å². The molecule has 2 N–H and O–H groups in total. The number of aliphatic carboxylic acids is 1. The Morgan fingerprint density at radius 1 is 1.53 bits per heavy atom. The third-order valence-electron chi connectivity index (χ3n) is 3.33. The molecule has 0 radical (unpaired) electrons. The SMILES string of the molecule is Cc1nnc(C2CC(F)(F)C2)n1CCC(O)C(=O)O. The molecule has 1 atom stereocenters. The molecule has 2 rings (SSSR count). The summed E-state index contributed by atoms with van der Waals surface area (Å²) in [6, 6.07) is 0. The Hall–Kier alpha value is -1.57. The highest BCUT2D eigenvalue weighted by molar-refractivity contribution is 5.71. The number of aromatic nitrogens is 3. The van der Waals surface area contributed by atoms with Gasteiger partial charge < -0.3 is 14.8 Å². The second kappa shape index (κ2) is 4.84. The first kappa shape index (κ1) is 13.9. The van der Waals surface area contributed by atoms with Crippen molar-refractivity contribution < 1.29 is 23.8 Å². The molecule has 0 saturated heterocycles. The maximum atomic E-state index is 12.9. The number of hydrogen-bond donors (Lipinski definition) is 2. The van der Waals surface area contributed by atoms with E-state index in [1.165, 1.54) is 0 Å². The van der Waals surface area contributed by atoms with Crippen LogP contribution in [0.2, 0.25) is 0 Å². The third-order valence-corrected chi connectivity index (χ3v) is 3.33. The molecule has 106 valence electrons. The van der Waals surface area contributed by atoms with Gasteiger partial charge in [-0.15, -0.1) is 10.2 Å². The van der Waals surface area contributed by atoms with E-state index in [0.717, 1.165) is 0 Å². The Morgan fingerprint density at radius 2 is 2.16 bits per heavy atom. The zero-order valence-electron chi connectivity index (χ0n) is 10.4. The number of nitrogens with zero attached hydrogens (tertiary/aromatic N) is 3. The van der Waals surface area contributed by atoms with Crippen LogP contribution in [0.15, 0.2) is 0 Å². The Kier molecular flexibility index (Phi) is 3.53. The number of carboxylic acids is 1. The van der Waals surface area contributed by atoms with Crippen molar-refractivity contribution in [3.05, 3.63) is 11.6 Å². The molecular formula is C11H15F2N3O3. The average molecular weight is 275 g/mol. The largest absolute Gasteiger partial charge is 0.479 e. The van der Waals surface area contributed by atoms with Gasteiger partial charge in [0.2, 0.25) is 5.92 Å². The number of carboxylic acid groups (broad SMARTS) is 1. The van der Waals surface area contributed by atoms with Gasteiger partial charge in [-0.2, -0.15) is 0 Å². The maximum absolute atomic E-state index is 12.9. The molecule has 0 spiro atoms. The second-order valence-electron chi connectivity index (χ2n) is 4.86. The number of aryl methyl sites for hydroxylation is 1. The first-order chi connectivity index (χ1) is 8.80. The molecule has 19 heavy (non-hydrogen) atoms. The zero-order chi connectivity index (χ0) is 14.2. The molecule has 1 unspecified atom stereocenters. The van der Waals surface area contributed by atoms with Crippen molar-refractivity contribution in [2.45, 2.75) is 50.7 Å². The van der Waals surface area contributed by atoms with Crippen LogP contribution < -0.4 is 0 Å². The summed E-state index contributed by atoms with van der Waals surface area (Å²) in [5, 5.41) is 25.5. The molecule has 1 fully saturated rings. The van der Waals surface area contributed by atoms with Gasteiger partial charge in [0.1, 0.15) is 11.6 Å². The van der Waals surface area contributed by atoms with Crippen molar-refractivity contribution >= 4 is 5.97 Å². The standard InChI is InChI=1S/C11H15F2N3O3/c1-6-14-15-9(7-4-11(12,13)5-7)16(6)3-2-8(17)10(18)19/h7-8,17H,2-5H2,1H3,(H,18,19). The third kappa shape index (κ3) is 2.89. The van der Waals surface area contributed by atoms with Crippen LogP contribution in [0, 0.1) is 6.92 Å². The molecule has 0 aliphatic heterocycles. The van der Waals surface area contributed by atoms with Crippen LogP contribution in [0.1, 0.15) is 36.8 Å². The molecule has 0 aromatic carbocycles. The predicted molar refractivity (Wildman–Crippen MR) is 59.9 cm³/mol. The lowest BCUT2D eigenvalue weighted by atomic mass is 9.80. The van der Waals surface area contributed by atoms with E-state index in [1.54, 1.807) is 11.5 Å². The summed E-state index contributed by atoms with van der Waals surface area (Å²) in [6.45, 7) is 1.87. The summed E-state index contributed by atoms with van der Waals surface area (Å²) in [6.07, 6.45) is -2.00. The van der Waals surface area contributed by atoms with Crippen molar-refractivity contribution in [3.8, 4) is 0 Å². The van der Waals surface area contributed by atoms with Gasteiger partial charge in [-0.25, -0.2) is 13.6 Å². The summed E-state index contributed by atoms with van der Waals surface area (Å²) < 4.78 is 27.3. The topological polar surface area (TPSA) is 88.2 Å². The molecule has 1 aromatic rings. The van der Waals surface area contributed by atoms with E-state index in [9.17, 15) is 18.7 Å². The monoisotopic (exact) mass is 275 g/mol. The average Bonchev–Trinajstić information content (AvgIpc) is 2.64. The minimum absolute atomic E-state index is 0.00960. The van der Waals surface area contributed by atoms with Crippen LogP contribution in [-0.4, -0.2) is 43.0 Å². The van der Waals surface area contributed by atoms with Gasteiger partial charge in [0.05, 0.1) is 0 Å². The lowest BCUT2D eigenvalue weighted by molar-refractivity contribution is -0.147. The van der Waals surface area contributed by atoms with Crippen LogP contribution in [0.3, 0.4) is 0 Å². The zero-order valence-corrected chi connectivity index (χ0v) is 10.4. The Bertz CT molecular complexity index is 482. The normalized spacial score (nSPS) is 20.0. The lowest BCUT2D eigenvalue weighted by Crippen LogP contribution is -2.35. The fourth-order valence-electron chi connectivity index (χ4n) is 2.19. The highest BCUT2D eigenvalue weighted by Gasteiger charge is 2.48. The van der Waals surface area contributed by atoms with E-state index in [-0.39, 0.29) is 31.7 Å². The van der Waals surface area contributed by atoms with Gasteiger partial charge in [0.25, 0.3) is 0 Å². The van der Waals surface area contributed by atoms with Gasteiger partial charge in [-0.3, -0.25) is 0 Å². The molecular weight excluding hydrogens is 260 g/mol. The smallest absolute Gasteiger partial charge is 0.332 e. The fourth-order valence-corrected chi connectivity index (χ4v) is 2.19. The minimum atomic E-state index is -2.64. The number of aliphatic hydroxyl groups is 1. The summed E-state index contributed by atoms with van der Waals surface area (Å²) in [5.74, 6) is -3.32. The number of halogens is 2. The Labute approximate surface area is 108 Å². The summed E-state index contributed by atoms with van der Waals surface area (Å²) in [5.41, 5.74) is 0. The quantitative estimate of drug-likeness (QED) is 0.834. The van der Waals surface area contributed by atoms with E-state index >= 15 is 0 Å². The van der Waals surface area contributed by atoms with Crippen molar-refractivity contribution in [2.24, 2.45) is 0 Å². The molecule has 0 bridgehead atoms. The molecule has 6 nitrogen and oxygen atoms in total. The predicted octanol–water partition coefficient (Wildman–Crippen LogP) is 0.935. The Morgan fingerprint density at radius 3 is 2.68 bits per heavy atom. The number of alkyl halides is 2. The summed E-state index contributed by atoms with van der Waals surface area (Å²) in [7, 11) is 0.